The molecule has 1 aliphatic carbocycles. The first-order valence-corrected chi connectivity index (χ1v) is 5.21. The van der Waals surface area contributed by atoms with Crippen LogP contribution < -0.4 is 0 Å². The van der Waals surface area contributed by atoms with Crippen LogP contribution in [0.4, 0.5) is 0 Å². The number of aliphatic imine (C=N–C) groups is 1. The van der Waals surface area contributed by atoms with E-state index in [1.807, 2.05) is 0 Å². The first-order chi connectivity index (χ1) is 4.84. The lowest BCUT2D eigenvalue weighted by Gasteiger charge is -2.22. The van der Waals surface area contributed by atoms with Crippen LogP contribution in [0.3, 0.4) is 0 Å². The average molecular weight is 267 g/mol. The van der Waals surface area contributed by atoms with Gasteiger partial charge in [-0.2, -0.15) is 0 Å². The second-order valence-electron chi connectivity index (χ2n) is 2.59. The van der Waals surface area contributed by atoms with E-state index in [4.69, 9.17) is 0 Å². The molecule has 3 heteroatoms. The van der Waals surface area contributed by atoms with Gasteiger partial charge in [-0.3, -0.25) is 0 Å². The quantitative estimate of drug-likeness (QED) is 0.308. The fraction of sp³-hybridized carbons (Fsp3) is 0.857. The summed E-state index contributed by atoms with van der Waals surface area (Å²) in [6, 6.07) is 0.465. The predicted octanol–water partition coefficient (Wildman–Crippen LogP) is 2.84. The third-order valence-corrected chi connectivity index (χ3v) is 3.42. The zero-order chi connectivity index (χ0) is 7.40. The van der Waals surface area contributed by atoms with Crippen LogP contribution >= 0.6 is 34.8 Å². The summed E-state index contributed by atoms with van der Waals surface area (Å²) in [6.45, 7) is 0. The van der Waals surface area contributed by atoms with Gasteiger partial charge in [0.2, 0.25) is 0 Å². The number of thiocarbonyl (C=S) groups is 1. The van der Waals surface area contributed by atoms with Gasteiger partial charge >= 0.3 is 0 Å². The van der Waals surface area contributed by atoms with Gasteiger partial charge < -0.3 is 0 Å². The summed E-state index contributed by atoms with van der Waals surface area (Å²) < 4.78 is 0.696. The highest BCUT2D eigenvalue weighted by atomic mass is 127. The van der Waals surface area contributed by atoms with E-state index in [9.17, 15) is 0 Å². The maximum atomic E-state index is 4.57. The minimum atomic E-state index is 0.465. The second kappa shape index (κ2) is 4.42. The van der Waals surface area contributed by atoms with E-state index < -0.39 is 0 Å². The van der Waals surface area contributed by atoms with E-state index in [-0.39, 0.29) is 0 Å². The highest BCUT2D eigenvalue weighted by Gasteiger charge is 2.20. The van der Waals surface area contributed by atoms with Crippen molar-refractivity contribution in [2.45, 2.75) is 35.6 Å². The summed E-state index contributed by atoms with van der Waals surface area (Å²) in [5.41, 5.74) is 0. The Hall–Kier alpha value is 0.530. The molecule has 10 heavy (non-hydrogen) atoms. The van der Waals surface area contributed by atoms with Crippen LogP contribution in [0, 0.1) is 0 Å². The molecule has 56 valence electrons. The van der Waals surface area contributed by atoms with Crippen molar-refractivity contribution in [1.82, 2.24) is 0 Å². The Labute approximate surface area is 80.4 Å². The van der Waals surface area contributed by atoms with E-state index in [0.717, 1.165) is 0 Å². The van der Waals surface area contributed by atoms with Gasteiger partial charge in [-0.05, 0) is 25.1 Å². The predicted molar refractivity (Wildman–Crippen MR) is 55.1 cm³/mol. The topological polar surface area (TPSA) is 12.4 Å². The molecule has 0 bridgehead atoms. The van der Waals surface area contributed by atoms with E-state index in [1.165, 1.54) is 25.7 Å². The van der Waals surface area contributed by atoms with E-state index >= 15 is 0 Å². The highest BCUT2D eigenvalue weighted by molar-refractivity contribution is 14.1. The van der Waals surface area contributed by atoms with Crippen molar-refractivity contribution < 1.29 is 0 Å². The number of nitrogens with zero attached hydrogens (tertiary/aromatic N) is 1. The van der Waals surface area contributed by atoms with Crippen LogP contribution in [0.5, 0.6) is 0 Å². The minimum absolute atomic E-state index is 0.465. The fourth-order valence-electron chi connectivity index (χ4n) is 1.28. The molecule has 0 heterocycles. The zero-order valence-corrected chi connectivity index (χ0v) is 8.69. The molecule has 1 rings (SSSR count). The molecular weight excluding hydrogens is 257 g/mol. The fourth-order valence-corrected chi connectivity index (χ4v) is 2.38. The first-order valence-electron chi connectivity index (χ1n) is 3.55. The van der Waals surface area contributed by atoms with Crippen LogP contribution in [0.2, 0.25) is 0 Å². The Morgan fingerprint density at radius 2 is 2.10 bits per heavy atom. The van der Waals surface area contributed by atoms with Crippen molar-refractivity contribution in [3.05, 3.63) is 0 Å². The molecule has 1 saturated carbocycles. The molecule has 1 nitrogen and oxygen atoms in total. The molecule has 2 atom stereocenters. The summed E-state index contributed by atoms with van der Waals surface area (Å²) in [5.74, 6) is 0. The SMILES string of the molecule is S=C=N[C@H]1CCCC[C@H]1I. The smallest absolute Gasteiger partial charge is 0.0720 e. The van der Waals surface area contributed by atoms with Crippen LogP contribution in [0.25, 0.3) is 0 Å². The lowest BCUT2D eigenvalue weighted by Crippen LogP contribution is -2.22. The third-order valence-electron chi connectivity index (χ3n) is 1.87. The molecule has 0 spiro atoms. The van der Waals surface area contributed by atoms with Crippen LogP contribution in [-0.2, 0) is 0 Å². The van der Waals surface area contributed by atoms with E-state index in [1.54, 1.807) is 0 Å². The Bertz CT molecular complexity index is 154. The largest absolute Gasteiger partial charge is 0.228 e. The van der Waals surface area contributed by atoms with Gasteiger partial charge in [-0.15, -0.1) is 0 Å². The van der Waals surface area contributed by atoms with Crippen molar-refractivity contribution >= 4 is 40.0 Å². The van der Waals surface area contributed by atoms with Crippen molar-refractivity contribution in [3.8, 4) is 0 Å². The monoisotopic (exact) mass is 267 g/mol. The maximum Gasteiger partial charge on any atom is 0.0720 e. The minimum Gasteiger partial charge on any atom is -0.228 e. The molecule has 0 aromatic rings. The van der Waals surface area contributed by atoms with E-state index in [0.29, 0.717) is 9.97 Å². The summed E-state index contributed by atoms with van der Waals surface area (Å²) in [5, 5.41) is 2.47. The molecular formula is C7H10INS. The Balaban J connectivity index is 2.47. The number of halogens is 1. The molecule has 0 saturated heterocycles. The molecule has 0 aromatic heterocycles. The maximum absolute atomic E-state index is 4.57. The van der Waals surface area contributed by atoms with Gasteiger partial charge in [-0.25, -0.2) is 4.99 Å². The zero-order valence-electron chi connectivity index (χ0n) is 5.72. The summed E-state index contributed by atoms with van der Waals surface area (Å²) in [4.78, 5) is 4.12. The lowest BCUT2D eigenvalue weighted by atomic mass is 9.96. The Morgan fingerprint density at radius 3 is 2.70 bits per heavy atom. The molecule has 0 radical (unpaired) electrons. The normalized spacial score (nSPS) is 32.9. The average Bonchev–Trinajstić information content (AvgIpc) is 1.94. The second-order valence-corrected chi connectivity index (χ2v) is 4.37. The highest BCUT2D eigenvalue weighted by Crippen LogP contribution is 2.26. The molecule has 1 fully saturated rings. The van der Waals surface area contributed by atoms with Crippen LogP contribution in [-0.4, -0.2) is 15.1 Å². The summed E-state index contributed by atoms with van der Waals surface area (Å²) in [7, 11) is 0. The first kappa shape index (κ1) is 8.62. The van der Waals surface area contributed by atoms with Crippen molar-refractivity contribution in [2.24, 2.45) is 4.99 Å². The van der Waals surface area contributed by atoms with Crippen molar-refractivity contribution in [2.75, 3.05) is 0 Å². The summed E-state index contributed by atoms with van der Waals surface area (Å²) >= 11 is 7.03. The standard InChI is InChI=1S/C7H10INS/c8-6-3-1-2-4-7(6)9-5-10/h6-7H,1-4H2/t6-,7+/m1/s1. The van der Waals surface area contributed by atoms with Crippen LogP contribution in [0.15, 0.2) is 4.99 Å². The van der Waals surface area contributed by atoms with Gasteiger partial charge in [0.05, 0.1) is 11.2 Å². The van der Waals surface area contributed by atoms with Gasteiger partial charge in [0.25, 0.3) is 0 Å². The molecule has 0 amide bonds. The number of isothiocyanates is 1. The molecule has 1 aliphatic rings. The van der Waals surface area contributed by atoms with Crippen molar-refractivity contribution in [3.63, 3.8) is 0 Å². The van der Waals surface area contributed by atoms with Crippen LogP contribution in [0.1, 0.15) is 25.7 Å². The Kier molecular flexibility index (Phi) is 3.81. The lowest BCUT2D eigenvalue weighted by molar-refractivity contribution is 0.468. The Morgan fingerprint density at radius 1 is 1.40 bits per heavy atom. The molecule has 0 unspecified atom stereocenters. The number of hydrogen-bond donors (Lipinski definition) is 0. The molecule has 0 N–H and O–H groups in total. The number of alkyl halides is 1. The van der Waals surface area contributed by atoms with Gasteiger partial charge in [-0.1, -0.05) is 35.4 Å². The molecule has 0 aliphatic heterocycles. The van der Waals surface area contributed by atoms with Gasteiger partial charge in [0.15, 0.2) is 0 Å². The number of rotatable bonds is 1. The van der Waals surface area contributed by atoms with Gasteiger partial charge in [0, 0.05) is 3.92 Å². The van der Waals surface area contributed by atoms with Gasteiger partial charge in [0.1, 0.15) is 0 Å². The number of hydrogen-bond acceptors (Lipinski definition) is 2. The molecule has 0 aromatic carbocycles. The van der Waals surface area contributed by atoms with E-state index in [2.05, 4.69) is 45.0 Å². The third kappa shape index (κ3) is 2.29. The summed E-state index contributed by atoms with van der Waals surface area (Å²) in [6.07, 6.45) is 5.17. The van der Waals surface area contributed by atoms with Crippen molar-refractivity contribution in [1.29, 1.82) is 0 Å².